The van der Waals surface area contributed by atoms with E-state index in [1.807, 2.05) is 0 Å². The van der Waals surface area contributed by atoms with Crippen molar-refractivity contribution in [1.82, 2.24) is 5.32 Å². The Morgan fingerprint density at radius 3 is 2.25 bits per heavy atom. The zero-order chi connectivity index (χ0) is 12.0. The van der Waals surface area contributed by atoms with Crippen molar-refractivity contribution in [3.05, 3.63) is 35.4 Å². The highest BCUT2D eigenvalue weighted by Gasteiger charge is 2.25. The van der Waals surface area contributed by atoms with Gasteiger partial charge in [-0.2, -0.15) is 0 Å². The topological polar surface area (TPSA) is 12.0 Å². The molecular weight excluding hydrogens is 194 g/mol. The Kier molecular flexibility index (Phi) is 5.01. The highest BCUT2D eigenvalue weighted by atomic mass is 14.8. The number of hydrogen-bond donors (Lipinski definition) is 1. The summed E-state index contributed by atoms with van der Waals surface area (Å²) in [6, 6.07) is 8.75. The van der Waals surface area contributed by atoms with Crippen LogP contribution in [0.5, 0.6) is 0 Å². The molecule has 1 heteroatoms. The fourth-order valence-corrected chi connectivity index (χ4v) is 2.40. The fourth-order valence-electron chi connectivity index (χ4n) is 2.40. The van der Waals surface area contributed by atoms with Crippen molar-refractivity contribution >= 4 is 0 Å². The standard InChI is InChI=1S/C15H25N/c1-5-15(6-2,12-16-4)11-14-10-8-7-9-13(14)3/h7-10,16H,5-6,11-12H2,1-4H3. The highest BCUT2D eigenvalue weighted by molar-refractivity contribution is 5.26. The fraction of sp³-hybridized carbons (Fsp3) is 0.600. The molecule has 0 atom stereocenters. The molecule has 1 aromatic carbocycles. The van der Waals surface area contributed by atoms with Crippen molar-refractivity contribution in [2.45, 2.75) is 40.0 Å². The monoisotopic (exact) mass is 219 g/mol. The van der Waals surface area contributed by atoms with Crippen molar-refractivity contribution in [2.75, 3.05) is 13.6 Å². The van der Waals surface area contributed by atoms with E-state index in [4.69, 9.17) is 0 Å². The van der Waals surface area contributed by atoms with Crippen molar-refractivity contribution in [2.24, 2.45) is 5.41 Å². The normalized spacial score (nSPS) is 11.8. The molecule has 0 saturated heterocycles. The van der Waals surface area contributed by atoms with E-state index in [1.165, 1.54) is 30.4 Å². The second kappa shape index (κ2) is 6.05. The minimum atomic E-state index is 0.418. The summed E-state index contributed by atoms with van der Waals surface area (Å²) >= 11 is 0. The maximum absolute atomic E-state index is 3.35. The van der Waals surface area contributed by atoms with Crippen molar-refractivity contribution in [1.29, 1.82) is 0 Å². The second-order valence-electron chi connectivity index (χ2n) is 4.84. The van der Waals surface area contributed by atoms with Crippen LogP contribution in [0.3, 0.4) is 0 Å². The van der Waals surface area contributed by atoms with Gasteiger partial charge >= 0.3 is 0 Å². The molecule has 0 aliphatic heterocycles. The molecule has 90 valence electrons. The number of hydrogen-bond acceptors (Lipinski definition) is 1. The molecule has 1 nitrogen and oxygen atoms in total. The van der Waals surface area contributed by atoms with Crippen LogP contribution in [0.4, 0.5) is 0 Å². The smallest absolute Gasteiger partial charge is 0.000779 e. The van der Waals surface area contributed by atoms with Gasteiger partial charge in [-0.15, -0.1) is 0 Å². The number of benzene rings is 1. The summed E-state index contributed by atoms with van der Waals surface area (Å²) in [5.74, 6) is 0. The molecule has 0 fully saturated rings. The lowest BCUT2D eigenvalue weighted by Crippen LogP contribution is -2.33. The van der Waals surface area contributed by atoms with Gasteiger partial charge in [-0.25, -0.2) is 0 Å². The molecule has 0 unspecified atom stereocenters. The van der Waals surface area contributed by atoms with Crippen LogP contribution in [-0.4, -0.2) is 13.6 Å². The van der Waals surface area contributed by atoms with Crippen LogP contribution in [0.1, 0.15) is 37.8 Å². The van der Waals surface area contributed by atoms with Gasteiger partial charge < -0.3 is 5.32 Å². The molecule has 1 rings (SSSR count). The zero-order valence-electron chi connectivity index (χ0n) is 11.1. The highest BCUT2D eigenvalue weighted by Crippen LogP contribution is 2.31. The van der Waals surface area contributed by atoms with Crippen LogP contribution in [-0.2, 0) is 6.42 Å². The summed E-state index contributed by atoms with van der Waals surface area (Å²) in [5, 5.41) is 3.35. The maximum Gasteiger partial charge on any atom is 0.000779 e. The van der Waals surface area contributed by atoms with Gasteiger partial charge in [-0.05, 0) is 49.8 Å². The first-order chi connectivity index (χ1) is 7.67. The van der Waals surface area contributed by atoms with Crippen molar-refractivity contribution in [3.8, 4) is 0 Å². The van der Waals surface area contributed by atoms with Gasteiger partial charge in [0.1, 0.15) is 0 Å². The van der Waals surface area contributed by atoms with Crippen LogP contribution in [0.25, 0.3) is 0 Å². The molecule has 0 aliphatic rings. The Balaban J connectivity index is 2.87. The van der Waals surface area contributed by atoms with Crippen LogP contribution in [0, 0.1) is 12.3 Å². The van der Waals surface area contributed by atoms with E-state index >= 15 is 0 Å². The summed E-state index contributed by atoms with van der Waals surface area (Å²) < 4.78 is 0. The molecular formula is C15H25N. The molecule has 0 heterocycles. The number of nitrogens with one attached hydrogen (secondary N) is 1. The molecule has 1 aromatic rings. The first-order valence-electron chi connectivity index (χ1n) is 6.36. The van der Waals surface area contributed by atoms with E-state index in [9.17, 15) is 0 Å². The average Bonchev–Trinajstić information content (AvgIpc) is 2.31. The Labute approximate surface area is 100 Å². The van der Waals surface area contributed by atoms with Crippen molar-refractivity contribution < 1.29 is 0 Å². The Hall–Kier alpha value is -0.820. The maximum atomic E-state index is 3.35. The van der Waals surface area contributed by atoms with Crippen LogP contribution >= 0.6 is 0 Å². The van der Waals surface area contributed by atoms with Gasteiger partial charge in [0.05, 0.1) is 0 Å². The summed E-state index contributed by atoms with van der Waals surface area (Å²) in [6.45, 7) is 7.93. The largest absolute Gasteiger partial charge is 0.319 e. The number of aryl methyl sites for hydroxylation is 1. The molecule has 0 amide bonds. The van der Waals surface area contributed by atoms with Gasteiger partial charge in [0.25, 0.3) is 0 Å². The Morgan fingerprint density at radius 1 is 1.12 bits per heavy atom. The predicted octanol–water partition coefficient (Wildman–Crippen LogP) is 3.56. The third kappa shape index (κ3) is 3.08. The first-order valence-corrected chi connectivity index (χ1v) is 6.36. The van der Waals surface area contributed by atoms with E-state index in [1.54, 1.807) is 0 Å². The van der Waals surface area contributed by atoms with Gasteiger partial charge in [0.15, 0.2) is 0 Å². The lowest BCUT2D eigenvalue weighted by molar-refractivity contribution is 0.253. The molecule has 0 saturated carbocycles. The number of rotatable bonds is 6. The van der Waals surface area contributed by atoms with Gasteiger partial charge in [0.2, 0.25) is 0 Å². The van der Waals surface area contributed by atoms with E-state index in [-0.39, 0.29) is 0 Å². The second-order valence-corrected chi connectivity index (χ2v) is 4.84. The molecule has 1 N–H and O–H groups in total. The summed E-state index contributed by atoms with van der Waals surface area (Å²) in [7, 11) is 2.05. The summed E-state index contributed by atoms with van der Waals surface area (Å²) in [4.78, 5) is 0. The lowest BCUT2D eigenvalue weighted by Gasteiger charge is -2.32. The van der Waals surface area contributed by atoms with E-state index in [2.05, 4.69) is 57.4 Å². The SMILES string of the molecule is CCC(CC)(CNC)Cc1ccccc1C. The quantitative estimate of drug-likeness (QED) is 0.771. The predicted molar refractivity (Wildman–Crippen MR) is 71.8 cm³/mol. The molecule has 16 heavy (non-hydrogen) atoms. The van der Waals surface area contributed by atoms with Gasteiger partial charge in [-0.3, -0.25) is 0 Å². The third-order valence-corrected chi connectivity index (χ3v) is 3.88. The molecule has 0 spiro atoms. The van der Waals surface area contributed by atoms with E-state index in [0.29, 0.717) is 5.41 Å². The molecule has 0 aliphatic carbocycles. The minimum absolute atomic E-state index is 0.418. The van der Waals surface area contributed by atoms with E-state index in [0.717, 1.165) is 6.54 Å². The Morgan fingerprint density at radius 2 is 1.75 bits per heavy atom. The summed E-state index contributed by atoms with van der Waals surface area (Å²) in [6.07, 6.45) is 3.66. The van der Waals surface area contributed by atoms with E-state index < -0.39 is 0 Å². The summed E-state index contributed by atoms with van der Waals surface area (Å²) in [5.41, 5.74) is 3.34. The van der Waals surface area contributed by atoms with Crippen LogP contribution in [0.2, 0.25) is 0 Å². The third-order valence-electron chi connectivity index (χ3n) is 3.88. The Bertz CT molecular complexity index is 313. The van der Waals surface area contributed by atoms with Gasteiger partial charge in [0, 0.05) is 6.54 Å². The molecule has 0 aromatic heterocycles. The van der Waals surface area contributed by atoms with Crippen LogP contribution in [0.15, 0.2) is 24.3 Å². The molecule has 0 bridgehead atoms. The first kappa shape index (κ1) is 13.2. The van der Waals surface area contributed by atoms with Crippen LogP contribution < -0.4 is 5.32 Å². The average molecular weight is 219 g/mol. The lowest BCUT2D eigenvalue weighted by atomic mass is 9.76. The van der Waals surface area contributed by atoms with Crippen molar-refractivity contribution in [3.63, 3.8) is 0 Å². The zero-order valence-corrected chi connectivity index (χ0v) is 11.1. The van der Waals surface area contributed by atoms with Gasteiger partial charge in [-0.1, -0.05) is 38.1 Å². The minimum Gasteiger partial charge on any atom is -0.319 e. The molecule has 0 radical (unpaired) electrons.